The van der Waals surface area contributed by atoms with Gasteiger partial charge in [-0.05, 0) is 18.9 Å². The molecule has 0 saturated heterocycles. The number of nitro benzene ring substituents is 1. The molecule has 0 aliphatic heterocycles. The minimum absolute atomic E-state index is 0.0988. The topological polar surface area (TPSA) is 110 Å². The van der Waals surface area contributed by atoms with Crippen molar-refractivity contribution in [3.8, 4) is 6.07 Å². The lowest BCUT2D eigenvalue weighted by Crippen LogP contribution is -2.08. The van der Waals surface area contributed by atoms with Crippen LogP contribution in [0.1, 0.15) is 30.3 Å². The van der Waals surface area contributed by atoms with Gasteiger partial charge in [0.15, 0.2) is 5.82 Å². The van der Waals surface area contributed by atoms with Crippen LogP contribution in [0.4, 0.5) is 11.4 Å². The summed E-state index contributed by atoms with van der Waals surface area (Å²) in [5.74, 6) is 0.791. The average Bonchev–Trinajstić information content (AvgIpc) is 3.23. The molecule has 0 amide bonds. The molecule has 1 aromatic heterocycles. The van der Waals surface area contributed by atoms with Crippen LogP contribution >= 0.6 is 0 Å². The third-order valence-electron chi connectivity index (χ3n) is 3.36. The standard InChI is InChI=1S/C13H12N6O2/c14-6-9-5-11(19(20)21)3-4-12(9)15-7-13-17-16-8-18(13)10-1-2-10/h3-5,8,10,15H,1-2,7H2. The maximum absolute atomic E-state index is 10.7. The number of anilines is 1. The SMILES string of the molecule is N#Cc1cc([N+](=O)[O-])ccc1NCc1nncn1C1CC1. The van der Waals surface area contributed by atoms with Crippen molar-refractivity contribution >= 4 is 11.4 Å². The maximum atomic E-state index is 10.7. The Kier molecular flexibility index (Phi) is 3.23. The van der Waals surface area contributed by atoms with Gasteiger partial charge in [-0.3, -0.25) is 10.1 Å². The number of nitrogens with one attached hydrogen (secondary N) is 1. The highest BCUT2D eigenvalue weighted by Gasteiger charge is 2.25. The zero-order valence-electron chi connectivity index (χ0n) is 11.1. The van der Waals surface area contributed by atoms with Crippen molar-refractivity contribution in [2.45, 2.75) is 25.4 Å². The number of rotatable bonds is 5. The van der Waals surface area contributed by atoms with Crippen molar-refractivity contribution in [3.63, 3.8) is 0 Å². The summed E-state index contributed by atoms with van der Waals surface area (Å²) in [5.41, 5.74) is 0.688. The third-order valence-corrected chi connectivity index (χ3v) is 3.36. The van der Waals surface area contributed by atoms with Crippen LogP contribution in [0.25, 0.3) is 0 Å². The van der Waals surface area contributed by atoms with Gasteiger partial charge in [-0.15, -0.1) is 10.2 Å². The first-order chi connectivity index (χ1) is 10.2. The van der Waals surface area contributed by atoms with Crippen LogP contribution in [-0.2, 0) is 6.54 Å². The van der Waals surface area contributed by atoms with Crippen LogP contribution in [0.15, 0.2) is 24.5 Å². The van der Waals surface area contributed by atoms with E-state index in [1.54, 1.807) is 6.33 Å². The van der Waals surface area contributed by atoms with Gasteiger partial charge in [0.2, 0.25) is 0 Å². The van der Waals surface area contributed by atoms with Gasteiger partial charge in [0.05, 0.1) is 22.7 Å². The van der Waals surface area contributed by atoms with Crippen molar-refractivity contribution in [2.75, 3.05) is 5.32 Å². The first kappa shape index (κ1) is 13.1. The Hall–Kier alpha value is -2.95. The second-order valence-corrected chi connectivity index (χ2v) is 4.84. The van der Waals surface area contributed by atoms with Crippen LogP contribution in [0.5, 0.6) is 0 Å². The minimum Gasteiger partial charge on any atom is -0.377 e. The molecule has 1 heterocycles. The fourth-order valence-corrected chi connectivity index (χ4v) is 2.12. The predicted molar refractivity (Wildman–Crippen MR) is 73.4 cm³/mol. The first-order valence-electron chi connectivity index (χ1n) is 6.50. The highest BCUT2D eigenvalue weighted by molar-refractivity contribution is 5.61. The molecule has 0 atom stereocenters. The Morgan fingerprint density at radius 3 is 3.00 bits per heavy atom. The summed E-state index contributed by atoms with van der Waals surface area (Å²) in [7, 11) is 0. The van der Waals surface area contributed by atoms with E-state index in [2.05, 4.69) is 15.5 Å². The van der Waals surface area contributed by atoms with Gasteiger partial charge >= 0.3 is 0 Å². The zero-order valence-corrected chi connectivity index (χ0v) is 11.1. The smallest absolute Gasteiger partial charge is 0.270 e. The summed E-state index contributed by atoms with van der Waals surface area (Å²) in [6.45, 7) is 0.420. The summed E-state index contributed by atoms with van der Waals surface area (Å²) < 4.78 is 2.02. The van der Waals surface area contributed by atoms with Gasteiger partial charge in [0.1, 0.15) is 12.4 Å². The van der Waals surface area contributed by atoms with Crippen molar-refractivity contribution in [1.82, 2.24) is 14.8 Å². The fourth-order valence-electron chi connectivity index (χ4n) is 2.12. The van der Waals surface area contributed by atoms with E-state index in [1.807, 2.05) is 10.6 Å². The van der Waals surface area contributed by atoms with Gasteiger partial charge < -0.3 is 9.88 Å². The van der Waals surface area contributed by atoms with E-state index in [9.17, 15) is 10.1 Å². The number of aromatic nitrogens is 3. The van der Waals surface area contributed by atoms with Gasteiger partial charge in [0.25, 0.3) is 5.69 Å². The summed E-state index contributed by atoms with van der Waals surface area (Å²) in [4.78, 5) is 10.2. The lowest BCUT2D eigenvalue weighted by molar-refractivity contribution is -0.384. The van der Waals surface area contributed by atoms with Gasteiger partial charge in [-0.25, -0.2) is 0 Å². The number of hydrogen-bond acceptors (Lipinski definition) is 6. The summed E-state index contributed by atoms with van der Waals surface area (Å²) >= 11 is 0. The molecule has 8 heteroatoms. The number of nitrogens with zero attached hydrogens (tertiary/aromatic N) is 5. The predicted octanol–water partition coefficient (Wildman–Crippen LogP) is 2.00. The van der Waals surface area contributed by atoms with E-state index in [-0.39, 0.29) is 11.3 Å². The highest BCUT2D eigenvalue weighted by Crippen LogP contribution is 2.35. The van der Waals surface area contributed by atoms with E-state index < -0.39 is 4.92 Å². The summed E-state index contributed by atoms with van der Waals surface area (Å²) in [5, 5.41) is 30.8. The molecule has 1 aliphatic carbocycles. The van der Waals surface area contributed by atoms with Crippen LogP contribution in [0.2, 0.25) is 0 Å². The zero-order chi connectivity index (χ0) is 14.8. The minimum atomic E-state index is -0.520. The summed E-state index contributed by atoms with van der Waals surface area (Å²) in [6, 6.07) is 6.60. The molecule has 8 nitrogen and oxygen atoms in total. The normalized spacial score (nSPS) is 13.7. The van der Waals surface area contributed by atoms with E-state index in [0.29, 0.717) is 18.3 Å². The molecule has 1 aliphatic rings. The second kappa shape index (κ2) is 5.20. The molecular formula is C13H12N6O2. The largest absolute Gasteiger partial charge is 0.377 e. The van der Waals surface area contributed by atoms with Crippen molar-refractivity contribution in [3.05, 3.63) is 46.0 Å². The number of benzene rings is 1. The fraction of sp³-hybridized carbons (Fsp3) is 0.308. The van der Waals surface area contributed by atoms with Crippen molar-refractivity contribution in [1.29, 1.82) is 5.26 Å². The number of non-ortho nitro benzene ring substituents is 1. The number of nitro groups is 1. The first-order valence-corrected chi connectivity index (χ1v) is 6.50. The molecule has 1 fully saturated rings. The molecule has 106 valence electrons. The maximum Gasteiger partial charge on any atom is 0.270 e. The molecule has 1 saturated carbocycles. The average molecular weight is 284 g/mol. The Bertz CT molecular complexity index is 729. The van der Waals surface area contributed by atoms with Crippen LogP contribution < -0.4 is 5.32 Å². The number of nitriles is 1. The van der Waals surface area contributed by atoms with Gasteiger partial charge in [0, 0.05) is 18.2 Å². The van der Waals surface area contributed by atoms with Crippen molar-refractivity contribution < 1.29 is 4.92 Å². The molecule has 0 bridgehead atoms. The van der Waals surface area contributed by atoms with Gasteiger partial charge in [-0.2, -0.15) is 5.26 Å². The second-order valence-electron chi connectivity index (χ2n) is 4.84. The molecular weight excluding hydrogens is 272 g/mol. The van der Waals surface area contributed by atoms with E-state index in [4.69, 9.17) is 5.26 Å². The van der Waals surface area contributed by atoms with Crippen LogP contribution in [-0.4, -0.2) is 19.7 Å². The Labute approximate surface area is 120 Å². The van der Waals surface area contributed by atoms with Gasteiger partial charge in [-0.1, -0.05) is 0 Å². The molecule has 2 aromatic rings. The molecule has 0 spiro atoms. The van der Waals surface area contributed by atoms with E-state index in [0.717, 1.165) is 18.7 Å². The Balaban J connectivity index is 1.77. The van der Waals surface area contributed by atoms with Crippen LogP contribution in [0, 0.1) is 21.4 Å². The lowest BCUT2D eigenvalue weighted by Gasteiger charge is -2.09. The lowest BCUT2D eigenvalue weighted by atomic mass is 10.1. The quantitative estimate of drug-likeness (QED) is 0.664. The molecule has 1 aromatic carbocycles. The Morgan fingerprint density at radius 1 is 1.52 bits per heavy atom. The number of hydrogen-bond donors (Lipinski definition) is 1. The molecule has 0 radical (unpaired) electrons. The molecule has 3 rings (SSSR count). The monoisotopic (exact) mass is 284 g/mol. The van der Waals surface area contributed by atoms with E-state index >= 15 is 0 Å². The molecule has 1 N–H and O–H groups in total. The molecule has 0 unspecified atom stereocenters. The third kappa shape index (κ3) is 2.67. The van der Waals surface area contributed by atoms with Crippen molar-refractivity contribution in [2.24, 2.45) is 0 Å². The van der Waals surface area contributed by atoms with Crippen LogP contribution in [0.3, 0.4) is 0 Å². The highest BCUT2D eigenvalue weighted by atomic mass is 16.6. The Morgan fingerprint density at radius 2 is 2.33 bits per heavy atom. The molecule has 21 heavy (non-hydrogen) atoms. The van der Waals surface area contributed by atoms with E-state index in [1.165, 1.54) is 18.2 Å². The summed E-state index contributed by atoms with van der Waals surface area (Å²) in [6.07, 6.45) is 3.97.